The molecule has 486 valence electrons. The summed E-state index contributed by atoms with van der Waals surface area (Å²) in [6.45, 7) is 13.6. The average molecular weight is 1320 g/mol. The van der Waals surface area contributed by atoms with E-state index < -0.39 is 20.0 Å². The van der Waals surface area contributed by atoms with Gasteiger partial charge in [-0.05, 0) is 147 Å². The lowest BCUT2D eigenvalue weighted by molar-refractivity contribution is 0.0693. The van der Waals surface area contributed by atoms with Gasteiger partial charge >= 0.3 is 12.1 Å². The van der Waals surface area contributed by atoms with Crippen LogP contribution in [0.4, 0.5) is 9.59 Å². The summed E-state index contributed by atoms with van der Waals surface area (Å²) >= 11 is 12.9. The predicted octanol–water partition coefficient (Wildman–Crippen LogP) is 3.45. The highest BCUT2D eigenvalue weighted by Crippen LogP contribution is 2.43. The van der Waals surface area contributed by atoms with Crippen molar-refractivity contribution < 1.29 is 45.4 Å². The van der Waals surface area contributed by atoms with Crippen LogP contribution in [-0.2, 0) is 42.4 Å². The normalized spacial score (nSPS) is 22.3. The molecular weight excluding hydrogens is 1240 g/mol. The van der Waals surface area contributed by atoms with Crippen LogP contribution >= 0.6 is 23.2 Å². The molecular formula is C62H82Cl2N14O10S2. The van der Waals surface area contributed by atoms with E-state index in [0.29, 0.717) is 163 Å². The third-order valence-electron chi connectivity index (χ3n) is 17.4. The number of nitriles is 2. The lowest BCUT2D eigenvalue weighted by atomic mass is 10.0. The van der Waals surface area contributed by atoms with E-state index >= 15 is 0 Å². The van der Waals surface area contributed by atoms with E-state index in [4.69, 9.17) is 42.1 Å². The third-order valence-corrected chi connectivity index (χ3v) is 21.0. The molecule has 0 spiro atoms. The number of likely N-dealkylation sites (tertiary alicyclic amines) is 2. The molecule has 90 heavy (non-hydrogen) atoms. The monoisotopic (exact) mass is 1320 g/mol. The van der Waals surface area contributed by atoms with Crippen molar-refractivity contribution in [3.63, 3.8) is 0 Å². The van der Waals surface area contributed by atoms with Crippen molar-refractivity contribution >= 4 is 55.3 Å². The summed E-state index contributed by atoms with van der Waals surface area (Å²) in [5.41, 5.74) is 4.76. The highest BCUT2D eigenvalue weighted by atomic mass is 35.5. The molecule has 24 nitrogen and oxygen atoms in total. The molecule has 6 aliphatic rings. The molecule has 4 saturated heterocycles. The first-order valence-electron chi connectivity index (χ1n) is 31.2. The molecule has 0 radical (unpaired) electrons. The number of nitrogens with one attached hydrogen (secondary N) is 8. The van der Waals surface area contributed by atoms with E-state index in [9.17, 15) is 36.9 Å². The van der Waals surface area contributed by atoms with Crippen LogP contribution in [0.3, 0.4) is 0 Å². The van der Waals surface area contributed by atoms with Crippen molar-refractivity contribution in [2.45, 2.75) is 84.7 Å². The summed E-state index contributed by atoms with van der Waals surface area (Å²) < 4.78 is 84.3. The molecule has 4 aromatic carbocycles. The van der Waals surface area contributed by atoms with Gasteiger partial charge in [-0.25, -0.2) is 35.9 Å². The van der Waals surface area contributed by atoms with Crippen molar-refractivity contribution in [1.82, 2.24) is 60.9 Å². The van der Waals surface area contributed by atoms with Gasteiger partial charge in [-0.15, -0.1) is 0 Å². The van der Waals surface area contributed by atoms with Crippen LogP contribution < -0.4 is 50.8 Å². The minimum Gasteiger partial charge on any atom is -0.484 e. The Bertz CT molecular complexity index is 3180. The zero-order valence-corrected chi connectivity index (χ0v) is 53.7. The molecule has 8 N–H and O–H groups in total. The van der Waals surface area contributed by atoms with E-state index in [1.54, 1.807) is 60.7 Å². The molecule has 4 amide bonds. The second-order valence-electron chi connectivity index (χ2n) is 23.5. The second-order valence-corrected chi connectivity index (χ2v) is 27.8. The number of carbonyl (C=O) groups is 2. The van der Waals surface area contributed by atoms with Crippen molar-refractivity contribution in [2.24, 2.45) is 0 Å². The molecule has 4 aliphatic heterocycles. The van der Waals surface area contributed by atoms with Gasteiger partial charge in [0.15, 0.2) is 0 Å². The summed E-state index contributed by atoms with van der Waals surface area (Å²) in [6.07, 6.45) is 3.22. The SMILES string of the molecule is N#Cc1cc(Cl)cc2c1C[C@H](N1CCNCC1)[C@H]2Oc1ccc(S(=O)(=O)N[C@H]2CCN(CCOCCNC(=O)NCCCCNC(=O)NCCOCCN3CC[C@H](NS(=O)(=O)c4ccc(O[C@H]5c6cc(Cl)cc(C#N)c6C[C@@H]5N5CCNCC5)cc4)C3)C2)cc1. The van der Waals surface area contributed by atoms with Gasteiger partial charge in [0, 0.05) is 127 Å². The number of fused-ring (bicyclic) bond motifs is 2. The number of hydrogen-bond donors (Lipinski definition) is 8. The van der Waals surface area contributed by atoms with E-state index in [1.807, 2.05) is 12.1 Å². The first-order valence-corrected chi connectivity index (χ1v) is 34.9. The number of halogens is 2. The first kappa shape index (κ1) is 67.0. The van der Waals surface area contributed by atoms with E-state index in [2.05, 4.69) is 73.1 Å². The Labute approximate surface area is 538 Å². The molecule has 10 rings (SSSR count). The van der Waals surface area contributed by atoms with Gasteiger partial charge < -0.3 is 50.8 Å². The summed E-state index contributed by atoms with van der Waals surface area (Å²) in [5, 5.41) is 38.7. The summed E-state index contributed by atoms with van der Waals surface area (Å²) in [7, 11) is -7.61. The van der Waals surface area contributed by atoms with Crippen LogP contribution in [0.15, 0.2) is 82.6 Å². The highest BCUT2D eigenvalue weighted by molar-refractivity contribution is 7.89. The maximum atomic E-state index is 13.5. The lowest BCUT2D eigenvalue weighted by Crippen LogP contribution is -2.50. The number of ether oxygens (including phenoxy) is 4. The quantitative estimate of drug-likeness (QED) is 0.0361. The Morgan fingerprint density at radius 2 is 0.933 bits per heavy atom. The number of rotatable bonds is 29. The van der Waals surface area contributed by atoms with Crippen LogP contribution in [0.1, 0.15) is 71.3 Å². The van der Waals surface area contributed by atoms with Crippen LogP contribution in [0.2, 0.25) is 10.0 Å². The van der Waals surface area contributed by atoms with E-state index in [1.165, 1.54) is 0 Å². The number of amides is 4. The lowest BCUT2D eigenvalue weighted by Gasteiger charge is -2.36. The first-order chi connectivity index (χ1) is 43.6. The van der Waals surface area contributed by atoms with E-state index in [-0.39, 0.29) is 58.2 Å². The van der Waals surface area contributed by atoms with Crippen molar-refractivity contribution in [3.05, 3.63) is 116 Å². The van der Waals surface area contributed by atoms with E-state index in [0.717, 1.165) is 74.6 Å². The molecule has 2 aliphatic carbocycles. The molecule has 0 bridgehead atoms. The molecule has 4 aromatic rings. The predicted molar refractivity (Wildman–Crippen MR) is 340 cm³/mol. The summed E-state index contributed by atoms with van der Waals surface area (Å²) in [5.74, 6) is 1.06. The number of hydrogen-bond acceptors (Lipinski definition) is 18. The van der Waals surface area contributed by atoms with Gasteiger partial charge in [0.05, 0.1) is 71.6 Å². The van der Waals surface area contributed by atoms with Crippen molar-refractivity contribution in [3.8, 4) is 23.6 Å². The second kappa shape index (κ2) is 32.1. The fraction of sp³-hybridized carbons (Fsp3) is 0.548. The van der Waals surface area contributed by atoms with Crippen LogP contribution in [0.5, 0.6) is 11.5 Å². The minimum atomic E-state index is -3.80. The fourth-order valence-electron chi connectivity index (χ4n) is 12.8. The van der Waals surface area contributed by atoms with Gasteiger partial charge in [0.1, 0.15) is 23.7 Å². The maximum Gasteiger partial charge on any atom is 0.314 e. The van der Waals surface area contributed by atoms with Crippen LogP contribution in [-0.4, -0.2) is 217 Å². The number of benzene rings is 4. The molecule has 28 heteroatoms. The van der Waals surface area contributed by atoms with Crippen LogP contribution in [0, 0.1) is 22.7 Å². The smallest absolute Gasteiger partial charge is 0.314 e. The fourth-order valence-corrected chi connectivity index (χ4v) is 15.8. The van der Waals surface area contributed by atoms with Crippen molar-refractivity contribution in [1.29, 1.82) is 10.5 Å². The minimum absolute atomic E-state index is 0.00565. The van der Waals surface area contributed by atoms with Gasteiger partial charge in [-0.1, -0.05) is 23.2 Å². The topological polar surface area (TPSA) is 296 Å². The molecule has 6 atom stereocenters. The Hall–Kier alpha value is -5.92. The van der Waals surface area contributed by atoms with Crippen LogP contribution in [0.25, 0.3) is 0 Å². The summed E-state index contributed by atoms with van der Waals surface area (Å²) in [6, 6.07) is 23.5. The van der Waals surface area contributed by atoms with Gasteiger partial charge in [0.25, 0.3) is 0 Å². The molecule has 4 fully saturated rings. The molecule has 4 heterocycles. The number of carbonyl (C=O) groups excluding carboxylic acids is 2. The zero-order valence-electron chi connectivity index (χ0n) is 50.5. The molecule has 0 aromatic heterocycles. The largest absolute Gasteiger partial charge is 0.484 e. The third kappa shape index (κ3) is 18.0. The Balaban J connectivity index is 0.522. The molecule has 0 saturated carbocycles. The average Bonchev–Trinajstić information content (AvgIpc) is 1.64. The summed E-state index contributed by atoms with van der Waals surface area (Å²) in [4.78, 5) is 34.0. The maximum absolute atomic E-state index is 13.5. The number of piperazine rings is 2. The number of sulfonamides is 2. The van der Waals surface area contributed by atoms with Crippen molar-refractivity contribution in [2.75, 3.05) is 144 Å². The number of unbranched alkanes of at least 4 members (excludes halogenated alkanes) is 1. The van der Waals surface area contributed by atoms with Gasteiger partial charge in [0.2, 0.25) is 20.0 Å². The number of urea groups is 2. The zero-order chi connectivity index (χ0) is 63.0. The van der Waals surface area contributed by atoms with Gasteiger partial charge in [-0.3, -0.25) is 19.6 Å². The highest BCUT2D eigenvalue weighted by Gasteiger charge is 2.42. The standard InChI is InChI=1S/C62H82Cl2N14O10S2/c63-45-33-43(39-65)53-37-57(77-23-15-67-16-24-77)59(55(53)35-45)87-49-3-7-51(8-4-49)89(81,82)73-47-11-21-75(41-47)27-31-85-29-19-71-61(79)69-13-1-2-14-70-62(80)72-20-30-86-32-28-76-22-12-48(42-76)74-90(83,84)52-9-5-50(6-10-52)88-60-56-36-46(64)34-44(40-66)54(56)38-58(60)78-25-17-68-18-26-78/h3-10,33-36,47-48,57-60,67-68,73-74H,1-2,11-32,37-38,41-42H2,(H2,69,71,79)(H2,70,72,80)/t47-,48-,57-,58-,59-,60-/m0/s1. The number of nitrogens with zero attached hydrogens (tertiary/aromatic N) is 6. The van der Waals surface area contributed by atoms with Gasteiger partial charge in [-0.2, -0.15) is 10.5 Å². The Morgan fingerprint density at radius 3 is 1.32 bits per heavy atom. The Morgan fingerprint density at radius 1 is 0.544 bits per heavy atom. The molecule has 0 unspecified atom stereocenters. The Kier molecular flexibility index (Phi) is 23.9.